The first-order valence-corrected chi connectivity index (χ1v) is 19.8. The Balaban J connectivity index is 1.29. The number of ether oxygens (including phenoxy) is 4. The number of unbranched alkanes of at least 4 members (excludes halogenated alkanes) is 14. The molecule has 0 heterocycles. The van der Waals surface area contributed by atoms with Gasteiger partial charge in [-0.1, -0.05) is 145 Å². The average molecular weight is 717 g/mol. The smallest absolute Gasteiger partial charge is 0.306 e. The lowest BCUT2D eigenvalue weighted by Crippen LogP contribution is -2.33. The molecule has 0 aliphatic carbocycles. The zero-order valence-corrected chi connectivity index (χ0v) is 32.1. The summed E-state index contributed by atoms with van der Waals surface area (Å²) in [6.07, 6.45) is 20.0. The van der Waals surface area contributed by atoms with Gasteiger partial charge in [0.2, 0.25) is 0 Å². The SMILES string of the molecule is CCC(CCCCCCCCCCCCCCCCCOC(c1ccccc1)(c1ccc(OC)cc1)c1ccc(OC)cc1)OC(=O)CCC(=O)O. The highest BCUT2D eigenvalue weighted by atomic mass is 16.5. The molecule has 3 aromatic carbocycles. The van der Waals surface area contributed by atoms with Crippen molar-refractivity contribution >= 4 is 11.9 Å². The quantitative estimate of drug-likeness (QED) is 0.0434. The van der Waals surface area contributed by atoms with Crippen LogP contribution in [0.1, 0.15) is 146 Å². The molecule has 0 amide bonds. The Morgan fingerprint density at radius 2 is 1.00 bits per heavy atom. The summed E-state index contributed by atoms with van der Waals surface area (Å²) in [5.41, 5.74) is 2.49. The number of carbonyl (C=O) groups is 2. The van der Waals surface area contributed by atoms with E-state index in [0.717, 1.165) is 66.7 Å². The number of esters is 1. The van der Waals surface area contributed by atoms with Crippen LogP contribution in [0, 0.1) is 0 Å². The van der Waals surface area contributed by atoms with E-state index in [-0.39, 0.29) is 18.9 Å². The highest BCUT2D eigenvalue weighted by Gasteiger charge is 2.37. The van der Waals surface area contributed by atoms with Gasteiger partial charge in [0.1, 0.15) is 23.2 Å². The van der Waals surface area contributed by atoms with Gasteiger partial charge in [0, 0.05) is 6.61 Å². The Morgan fingerprint density at radius 1 is 0.577 bits per heavy atom. The average Bonchev–Trinajstić information content (AvgIpc) is 3.18. The van der Waals surface area contributed by atoms with Gasteiger partial charge in [-0.3, -0.25) is 9.59 Å². The van der Waals surface area contributed by atoms with E-state index in [1.54, 1.807) is 14.2 Å². The summed E-state index contributed by atoms with van der Waals surface area (Å²) in [6.45, 7) is 2.68. The molecule has 0 aromatic heterocycles. The molecule has 0 aliphatic rings. The maximum atomic E-state index is 11.8. The van der Waals surface area contributed by atoms with Crippen molar-refractivity contribution in [1.29, 1.82) is 0 Å². The molecule has 52 heavy (non-hydrogen) atoms. The third-order valence-electron chi connectivity index (χ3n) is 9.96. The zero-order chi connectivity index (χ0) is 37.3. The van der Waals surface area contributed by atoms with Crippen LogP contribution in [0.25, 0.3) is 0 Å². The van der Waals surface area contributed by atoms with Crippen molar-refractivity contribution < 1.29 is 33.6 Å². The molecule has 1 N–H and O–H groups in total. The summed E-state index contributed by atoms with van der Waals surface area (Å²) in [5, 5.41) is 8.71. The van der Waals surface area contributed by atoms with Gasteiger partial charge >= 0.3 is 11.9 Å². The van der Waals surface area contributed by atoms with Crippen molar-refractivity contribution in [3.05, 3.63) is 95.6 Å². The highest BCUT2D eigenvalue weighted by molar-refractivity contribution is 5.76. The maximum Gasteiger partial charge on any atom is 0.306 e. The number of methoxy groups -OCH3 is 2. The van der Waals surface area contributed by atoms with Crippen molar-refractivity contribution in [1.82, 2.24) is 0 Å². The van der Waals surface area contributed by atoms with Crippen molar-refractivity contribution in [2.24, 2.45) is 0 Å². The van der Waals surface area contributed by atoms with Crippen LogP contribution >= 0.6 is 0 Å². The van der Waals surface area contributed by atoms with Crippen molar-refractivity contribution in [2.45, 2.75) is 141 Å². The van der Waals surface area contributed by atoms with Gasteiger partial charge in [-0.25, -0.2) is 0 Å². The standard InChI is InChI=1S/C45H64O7/c1-4-40(52-44(48)35-34-43(46)47)25-21-16-14-12-10-8-6-5-7-9-11-13-15-17-22-36-51-45(37-23-19-18-20-24-37,38-26-30-41(49-2)31-27-38)39-28-32-42(50-3)33-29-39/h18-20,23-24,26-33,40H,4-17,21-22,25,34-36H2,1-3H3,(H,46,47). The minimum atomic E-state index is -0.964. The first-order chi connectivity index (χ1) is 25.4. The van der Waals surface area contributed by atoms with E-state index in [0.29, 0.717) is 6.61 Å². The molecule has 0 radical (unpaired) electrons. The van der Waals surface area contributed by atoms with Gasteiger partial charge in [-0.2, -0.15) is 0 Å². The van der Waals surface area contributed by atoms with Crippen LogP contribution in [0.2, 0.25) is 0 Å². The molecule has 3 aromatic rings. The molecule has 3 rings (SSSR count). The van der Waals surface area contributed by atoms with Gasteiger partial charge in [-0.05, 0) is 66.6 Å². The normalized spacial score (nSPS) is 12.0. The molecule has 7 heteroatoms. The highest BCUT2D eigenvalue weighted by Crippen LogP contribution is 2.41. The number of carbonyl (C=O) groups excluding carboxylic acids is 1. The van der Waals surface area contributed by atoms with Crippen molar-refractivity contribution in [3.63, 3.8) is 0 Å². The predicted molar refractivity (Wildman–Crippen MR) is 209 cm³/mol. The minimum absolute atomic E-state index is 0.0432. The third-order valence-corrected chi connectivity index (χ3v) is 9.96. The fourth-order valence-corrected chi connectivity index (χ4v) is 6.87. The first-order valence-electron chi connectivity index (χ1n) is 19.8. The molecule has 0 fully saturated rings. The molecular formula is C45H64O7. The second kappa shape index (κ2) is 25.2. The number of aliphatic carboxylic acids is 1. The topological polar surface area (TPSA) is 91.3 Å². The first kappa shape index (κ1) is 42.6. The van der Waals surface area contributed by atoms with E-state index < -0.39 is 17.5 Å². The van der Waals surface area contributed by atoms with Crippen molar-refractivity contribution in [2.75, 3.05) is 20.8 Å². The summed E-state index contributed by atoms with van der Waals surface area (Å²) in [5.74, 6) is 0.285. The number of carboxylic acid groups (broad SMARTS) is 1. The van der Waals surface area contributed by atoms with Gasteiger partial charge in [0.15, 0.2) is 0 Å². The van der Waals surface area contributed by atoms with Crippen LogP contribution in [0.5, 0.6) is 11.5 Å². The molecule has 0 spiro atoms. The molecule has 286 valence electrons. The molecule has 0 bridgehead atoms. The van der Waals surface area contributed by atoms with E-state index in [4.69, 9.17) is 24.1 Å². The molecular weight excluding hydrogens is 652 g/mol. The Kier molecular flexibility index (Phi) is 20.6. The number of benzene rings is 3. The zero-order valence-electron chi connectivity index (χ0n) is 32.1. The largest absolute Gasteiger partial charge is 0.497 e. The van der Waals surface area contributed by atoms with Gasteiger partial charge < -0.3 is 24.1 Å². The van der Waals surface area contributed by atoms with Crippen LogP contribution in [0.3, 0.4) is 0 Å². The Morgan fingerprint density at radius 3 is 1.42 bits per heavy atom. The minimum Gasteiger partial charge on any atom is -0.497 e. The van der Waals surface area contributed by atoms with E-state index in [2.05, 4.69) is 48.5 Å². The second-order valence-corrected chi connectivity index (χ2v) is 13.9. The number of hydrogen-bond acceptors (Lipinski definition) is 6. The van der Waals surface area contributed by atoms with Crippen LogP contribution < -0.4 is 9.47 Å². The van der Waals surface area contributed by atoms with E-state index in [9.17, 15) is 9.59 Å². The van der Waals surface area contributed by atoms with Crippen LogP contribution in [-0.2, 0) is 24.7 Å². The third kappa shape index (κ3) is 15.0. The lowest BCUT2D eigenvalue weighted by atomic mass is 9.80. The molecule has 1 unspecified atom stereocenters. The fraction of sp³-hybridized carbons (Fsp3) is 0.556. The van der Waals surface area contributed by atoms with Crippen LogP contribution in [0.4, 0.5) is 0 Å². The predicted octanol–water partition coefficient (Wildman–Crippen LogP) is 11.4. The van der Waals surface area contributed by atoms with Gasteiger partial charge in [0.25, 0.3) is 0 Å². The lowest BCUT2D eigenvalue weighted by Gasteiger charge is -2.36. The van der Waals surface area contributed by atoms with E-state index in [1.807, 2.05) is 37.3 Å². The second-order valence-electron chi connectivity index (χ2n) is 13.9. The number of hydrogen-bond donors (Lipinski definition) is 1. The monoisotopic (exact) mass is 716 g/mol. The Hall–Kier alpha value is -3.84. The summed E-state index contributed by atoms with van der Waals surface area (Å²) in [4.78, 5) is 22.4. The van der Waals surface area contributed by atoms with Crippen molar-refractivity contribution in [3.8, 4) is 11.5 Å². The van der Waals surface area contributed by atoms with Crippen LogP contribution in [-0.4, -0.2) is 44.0 Å². The summed E-state index contributed by atoms with van der Waals surface area (Å²) >= 11 is 0. The van der Waals surface area contributed by atoms with Gasteiger partial charge in [0.05, 0.1) is 27.1 Å². The summed E-state index contributed by atoms with van der Waals surface area (Å²) in [7, 11) is 3.38. The molecule has 7 nitrogen and oxygen atoms in total. The Bertz CT molecular complexity index is 1320. The van der Waals surface area contributed by atoms with Gasteiger partial charge in [-0.15, -0.1) is 0 Å². The van der Waals surface area contributed by atoms with E-state index in [1.165, 1.54) is 70.6 Å². The number of rotatable bonds is 29. The number of carboxylic acids is 1. The fourth-order valence-electron chi connectivity index (χ4n) is 6.87. The molecule has 1 atom stereocenters. The summed E-state index contributed by atoms with van der Waals surface area (Å²) < 4.78 is 23.3. The molecule has 0 aliphatic heterocycles. The maximum absolute atomic E-state index is 11.8. The molecule has 0 saturated heterocycles. The summed E-state index contributed by atoms with van der Waals surface area (Å²) in [6, 6.07) is 27.0. The molecule has 0 saturated carbocycles. The van der Waals surface area contributed by atoms with Crippen LogP contribution in [0.15, 0.2) is 78.9 Å². The van der Waals surface area contributed by atoms with E-state index >= 15 is 0 Å². The Labute approximate surface area is 313 Å². The lowest BCUT2D eigenvalue weighted by molar-refractivity contribution is -0.152.